The van der Waals surface area contributed by atoms with Gasteiger partial charge >= 0.3 is 0 Å². The molecule has 0 spiro atoms. The molecule has 6 heteroatoms. The Bertz CT molecular complexity index is 992. The molecule has 0 saturated heterocycles. The zero-order valence-corrected chi connectivity index (χ0v) is 14.0. The molecule has 1 aromatic carbocycles. The summed E-state index contributed by atoms with van der Waals surface area (Å²) in [6.45, 7) is 1.90. The summed E-state index contributed by atoms with van der Waals surface area (Å²) in [7, 11) is -3.82. The molecule has 2 aromatic rings. The third-order valence-electron chi connectivity index (χ3n) is 3.86. The fraction of sp³-hybridized carbons (Fsp3) is 0.167. The molecule has 0 fully saturated rings. The lowest BCUT2D eigenvalue weighted by atomic mass is 9.96. The Morgan fingerprint density at radius 1 is 1.08 bits per heavy atom. The number of halogens is 2. The highest BCUT2D eigenvalue weighted by atomic mass is 32.2. The summed E-state index contributed by atoms with van der Waals surface area (Å²) in [6.07, 6.45) is 8.37. The van der Waals surface area contributed by atoms with E-state index < -0.39 is 26.4 Å². The fourth-order valence-electron chi connectivity index (χ4n) is 2.78. The molecule has 0 saturated carbocycles. The van der Waals surface area contributed by atoms with Crippen molar-refractivity contribution < 1.29 is 17.2 Å². The van der Waals surface area contributed by atoms with Crippen LogP contribution in [0, 0.1) is 18.6 Å². The SMILES string of the molecule is Cc1cncc(C2=C(c3cc(F)c(S(C)(=O)=O)cc3F)CC=C2)c1. The van der Waals surface area contributed by atoms with Crippen LogP contribution in [0.5, 0.6) is 0 Å². The van der Waals surface area contributed by atoms with E-state index in [0.717, 1.165) is 35.1 Å². The topological polar surface area (TPSA) is 47.0 Å². The van der Waals surface area contributed by atoms with E-state index >= 15 is 0 Å². The smallest absolute Gasteiger partial charge is 0.178 e. The number of hydrogen-bond donors (Lipinski definition) is 0. The van der Waals surface area contributed by atoms with Crippen molar-refractivity contribution in [2.45, 2.75) is 18.2 Å². The van der Waals surface area contributed by atoms with Crippen molar-refractivity contribution in [1.82, 2.24) is 4.98 Å². The third-order valence-corrected chi connectivity index (χ3v) is 4.98. The number of aromatic nitrogens is 1. The summed E-state index contributed by atoms with van der Waals surface area (Å²) in [5.74, 6) is -1.70. The molecule has 0 amide bonds. The lowest BCUT2D eigenvalue weighted by Crippen LogP contribution is -2.04. The molecule has 3 rings (SSSR count). The number of hydrogen-bond acceptors (Lipinski definition) is 3. The Hall–Kier alpha value is -2.34. The largest absolute Gasteiger partial charge is 0.264 e. The van der Waals surface area contributed by atoms with Gasteiger partial charge < -0.3 is 0 Å². The highest BCUT2D eigenvalue weighted by Crippen LogP contribution is 2.37. The van der Waals surface area contributed by atoms with E-state index in [2.05, 4.69) is 4.98 Å². The van der Waals surface area contributed by atoms with Crippen molar-refractivity contribution >= 4 is 21.0 Å². The first-order valence-corrected chi connectivity index (χ1v) is 9.17. The minimum atomic E-state index is -3.82. The number of sulfone groups is 1. The van der Waals surface area contributed by atoms with E-state index in [0.29, 0.717) is 12.0 Å². The molecule has 0 unspecified atom stereocenters. The standard InChI is InChI=1S/C18H15F2NO2S/c1-11-6-12(10-21-9-11)13-4-3-5-14(13)15-7-17(20)18(8-16(15)19)24(2,22)23/h3-4,6-10H,5H2,1-2H3. The van der Waals surface area contributed by atoms with E-state index in [9.17, 15) is 17.2 Å². The predicted molar refractivity (Wildman–Crippen MR) is 89.0 cm³/mol. The van der Waals surface area contributed by atoms with Gasteiger partial charge in [-0.15, -0.1) is 0 Å². The van der Waals surface area contributed by atoms with Crippen LogP contribution >= 0.6 is 0 Å². The Balaban J connectivity index is 2.18. The zero-order valence-electron chi connectivity index (χ0n) is 13.2. The average molecular weight is 347 g/mol. The van der Waals surface area contributed by atoms with Gasteiger partial charge in [-0.25, -0.2) is 17.2 Å². The molecule has 24 heavy (non-hydrogen) atoms. The van der Waals surface area contributed by atoms with E-state index in [-0.39, 0.29) is 5.56 Å². The molecule has 0 N–H and O–H groups in total. The van der Waals surface area contributed by atoms with Crippen molar-refractivity contribution in [1.29, 1.82) is 0 Å². The van der Waals surface area contributed by atoms with Crippen molar-refractivity contribution in [3.05, 3.63) is 71.1 Å². The molecule has 1 aliphatic rings. The van der Waals surface area contributed by atoms with Crippen molar-refractivity contribution in [2.75, 3.05) is 6.26 Å². The van der Waals surface area contributed by atoms with Crippen molar-refractivity contribution in [3.63, 3.8) is 0 Å². The molecular formula is C18H15F2NO2S. The zero-order chi connectivity index (χ0) is 17.5. The van der Waals surface area contributed by atoms with Gasteiger partial charge in [0.05, 0.1) is 0 Å². The molecule has 0 atom stereocenters. The van der Waals surface area contributed by atoms with Crippen LogP contribution in [0.2, 0.25) is 0 Å². The number of aryl methyl sites for hydroxylation is 1. The summed E-state index contributed by atoms with van der Waals surface area (Å²) in [5.41, 5.74) is 3.21. The third kappa shape index (κ3) is 3.01. The summed E-state index contributed by atoms with van der Waals surface area (Å²) in [4.78, 5) is 3.50. The first-order chi connectivity index (χ1) is 11.3. The van der Waals surface area contributed by atoms with Gasteiger partial charge in [0.15, 0.2) is 9.84 Å². The lowest BCUT2D eigenvalue weighted by molar-refractivity contribution is 0.554. The first-order valence-electron chi connectivity index (χ1n) is 7.28. The molecule has 0 aliphatic heterocycles. The second-order valence-corrected chi connectivity index (χ2v) is 7.77. The summed E-state index contributed by atoms with van der Waals surface area (Å²) in [6, 6.07) is 3.62. The van der Waals surface area contributed by atoms with Crippen LogP contribution in [0.15, 0.2) is 47.6 Å². The Morgan fingerprint density at radius 2 is 1.83 bits per heavy atom. The fourth-order valence-corrected chi connectivity index (χ4v) is 3.51. The van der Waals surface area contributed by atoms with Gasteiger partial charge in [0.1, 0.15) is 16.5 Å². The van der Waals surface area contributed by atoms with E-state index in [1.54, 1.807) is 12.4 Å². The second-order valence-electron chi connectivity index (χ2n) is 5.78. The lowest BCUT2D eigenvalue weighted by Gasteiger charge is -2.11. The molecule has 0 bridgehead atoms. The van der Waals surface area contributed by atoms with Crippen LogP contribution in [0.1, 0.15) is 23.1 Å². The van der Waals surface area contributed by atoms with Crippen molar-refractivity contribution in [3.8, 4) is 0 Å². The predicted octanol–water partition coefficient (Wildman–Crippen LogP) is 3.94. The Kier molecular flexibility index (Phi) is 4.09. The number of benzene rings is 1. The van der Waals surface area contributed by atoms with Gasteiger partial charge in [-0.3, -0.25) is 4.98 Å². The number of pyridine rings is 1. The van der Waals surface area contributed by atoms with Crippen LogP contribution in [0.3, 0.4) is 0 Å². The molecule has 1 aliphatic carbocycles. The van der Waals surface area contributed by atoms with Crippen LogP contribution in [0.4, 0.5) is 8.78 Å². The number of rotatable bonds is 3. The minimum absolute atomic E-state index is 0.0707. The molecule has 1 aromatic heterocycles. The highest BCUT2D eigenvalue weighted by molar-refractivity contribution is 7.90. The van der Waals surface area contributed by atoms with Gasteiger partial charge in [0, 0.05) is 29.8 Å². The minimum Gasteiger partial charge on any atom is -0.264 e. The van der Waals surface area contributed by atoms with Gasteiger partial charge in [-0.1, -0.05) is 12.2 Å². The van der Waals surface area contributed by atoms with E-state index in [1.807, 2.05) is 25.1 Å². The molecule has 3 nitrogen and oxygen atoms in total. The Morgan fingerprint density at radius 3 is 2.50 bits per heavy atom. The van der Waals surface area contributed by atoms with Crippen LogP contribution < -0.4 is 0 Å². The van der Waals surface area contributed by atoms with E-state index in [1.165, 1.54) is 0 Å². The quantitative estimate of drug-likeness (QED) is 0.845. The average Bonchev–Trinajstić information content (AvgIpc) is 2.97. The first kappa shape index (κ1) is 16.5. The van der Waals surface area contributed by atoms with Gasteiger partial charge in [-0.2, -0.15) is 0 Å². The van der Waals surface area contributed by atoms with Crippen LogP contribution in [-0.4, -0.2) is 19.7 Å². The van der Waals surface area contributed by atoms with Crippen LogP contribution in [-0.2, 0) is 9.84 Å². The molecule has 1 heterocycles. The summed E-state index contributed by atoms with van der Waals surface area (Å²) < 4.78 is 51.7. The highest BCUT2D eigenvalue weighted by Gasteiger charge is 2.22. The Labute approximate surface area is 139 Å². The van der Waals surface area contributed by atoms with Gasteiger partial charge in [-0.05, 0) is 48.3 Å². The molecule has 124 valence electrons. The molecular weight excluding hydrogens is 332 g/mol. The maximum Gasteiger partial charge on any atom is 0.178 e. The number of nitrogens with zero attached hydrogens (tertiary/aromatic N) is 1. The van der Waals surface area contributed by atoms with Gasteiger partial charge in [0.2, 0.25) is 0 Å². The summed E-state index contributed by atoms with van der Waals surface area (Å²) >= 11 is 0. The van der Waals surface area contributed by atoms with Crippen LogP contribution in [0.25, 0.3) is 11.1 Å². The maximum atomic E-state index is 14.5. The maximum absolute atomic E-state index is 14.5. The normalized spacial score (nSPS) is 14.5. The van der Waals surface area contributed by atoms with Gasteiger partial charge in [0.25, 0.3) is 0 Å². The second kappa shape index (κ2) is 5.94. The van der Waals surface area contributed by atoms with Crippen molar-refractivity contribution in [2.24, 2.45) is 0 Å². The number of allylic oxidation sites excluding steroid dienone is 4. The monoisotopic (exact) mass is 347 g/mol. The summed E-state index contributed by atoms with van der Waals surface area (Å²) in [5, 5.41) is 0. The van der Waals surface area contributed by atoms with E-state index in [4.69, 9.17) is 0 Å². The molecule has 0 radical (unpaired) electrons.